The summed E-state index contributed by atoms with van der Waals surface area (Å²) in [5.41, 5.74) is 3.54. The monoisotopic (exact) mass is 484 g/mol. The van der Waals surface area contributed by atoms with Gasteiger partial charge in [-0.25, -0.2) is 0 Å². The second-order valence-electron chi connectivity index (χ2n) is 7.69. The van der Waals surface area contributed by atoms with E-state index in [9.17, 15) is 5.11 Å². The first kappa shape index (κ1) is 22.2. The summed E-state index contributed by atoms with van der Waals surface area (Å²) >= 11 is 14.3. The summed E-state index contributed by atoms with van der Waals surface area (Å²) in [6, 6.07) is 8.08. The number of benzene rings is 1. The van der Waals surface area contributed by atoms with Crippen LogP contribution in [0.2, 0.25) is 5.02 Å². The molecule has 0 bridgehead atoms. The number of hydrogen-bond donors (Lipinski definition) is 2. The molecule has 1 saturated heterocycles. The lowest BCUT2D eigenvalue weighted by Crippen LogP contribution is -2.47. The van der Waals surface area contributed by atoms with Gasteiger partial charge < -0.3 is 10.0 Å². The number of aliphatic hydroxyl groups is 1. The number of thiol groups is 1. The summed E-state index contributed by atoms with van der Waals surface area (Å²) in [4.78, 5) is 6.00. The molecule has 1 aliphatic carbocycles. The normalized spacial score (nSPS) is 21.0. The molecule has 28 heavy (non-hydrogen) atoms. The molecule has 1 N–H and O–H groups in total. The van der Waals surface area contributed by atoms with E-state index in [-0.39, 0.29) is 0 Å². The summed E-state index contributed by atoms with van der Waals surface area (Å²) in [5.74, 6) is 0. The molecule has 1 aliphatic heterocycles. The standard InChI is InChI=1S/C22H30BrClN2OS/c1-16(23)22(19-4-2-3-5-21(19)28)20(27)10-11-25-12-14-26(15-13-25)18-8-6-17(24)7-9-18/h6-9,20,27-28H,2-5,10-15H2,1H3/b22-16-. The Bertz CT molecular complexity index is 723. The van der Waals surface area contributed by atoms with Gasteiger partial charge in [0.1, 0.15) is 0 Å². The van der Waals surface area contributed by atoms with Crippen LogP contribution in [0.5, 0.6) is 0 Å². The molecule has 1 atom stereocenters. The second-order valence-corrected chi connectivity index (χ2v) is 9.85. The van der Waals surface area contributed by atoms with Crippen molar-refractivity contribution < 1.29 is 5.11 Å². The predicted molar refractivity (Wildman–Crippen MR) is 127 cm³/mol. The highest BCUT2D eigenvalue weighted by molar-refractivity contribution is 9.11. The molecular formula is C22H30BrClN2OS. The van der Waals surface area contributed by atoms with Gasteiger partial charge in [-0.1, -0.05) is 27.5 Å². The third kappa shape index (κ3) is 5.79. The Balaban J connectivity index is 1.53. The van der Waals surface area contributed by atoms with E-state index in [2.05, 4.69) is 37.9 Å². The van der Waals surface area contributed by atoms with Crippen LogP contribution in [0.1, 0.15) is 39.0 Å². The molecule has 0 radical (unpaired) electrons. The molecule has 3 nitrogen and oxygen atoms in total. The third-order valence-electron chi connectivity index (χ3n) is 5.75. The zero-order chi connectivity index (χ0) is 20.1. The lowest BCUT2D eigenvalue weighted by Gasteiger charge is -2.36. The number of allylic oxidation sites excluding steroid dienone is 2. The van der Waals surface area contributed by atoms with Gasteiger partial charge >= 0.3 is 0 Å². The van der Waals surface area contributed by atoms with Crippen LogP contribution in [-0.4, -0.2) is 48.8 Å². The van der Waals surface area contributed by atoms with Crippen molar-refractivity contribution in [3.63, 3.8) is 0 Å². The lowest BCUT2D eigenvalue weighted by atomic mass is 9.89. The molecule has 0 saturated carbocycles. The van der Waals surface area contributed by atoms with Crippen LogP contribution < -0.4 is 4.90 Å². The Morgan fingerprint density at radius 2 is 1.79 bits per heavy atom. The molecule has 6 heteroatoms. The van der Waals surface area contributed by atoms with E-state index in [0.29, 0.717) is 0 Å². The molecule has 0 spiro atoms. The Kier molecular flexibility index (Phi) is 8.36. The highest BCUT2D eigenvalue weighted by atomic mass is 79.9. The molecule has 1 heterocycles. The number of aliphatic hydroxyl groups excluding tert-OH is 1. The molecule has 2 aliphatic rings. The lowest BCUT2D eigenvalue weighted by molar-refractivity contribution is 0.165. The number of rotatable bonds is 6. The highest BCUT2D eigenvalue weighted by Gasteiger charge is 2.23. The Morgan fingerprint density at radius 1 is 1.14 bits per heavy atom. The van der Waals surface area contributed by atoms with Gasteiger partial charge in [0.05, 0.1) is 6.10 Å². The SMILES string of the molecule is C/C(Br)=C(\C1=C(S)CCCC1)C(O)CCN1CCN(c2ccc(Cl)cc2)CC1. The minimum absolute atomic E-state index is 0.441. The highest BCUT2D eigenvalue weighted by Crippen LogP contribution is 2.36. The van der Waals surface area contributed by atoms with Gasteiger partial charge in [0, 0.05) is 43.4 Å². The summed E-state index contributed by atoms with van der Waals surface area (Å²) in [7, 11) is 0. The van der Waals surface area contributed by atoms with Gasteiger partial charge in [0.2, 0.25) is 0 Å². The van der Waals surface area contributed by atoms with E-state index >= 15 is 0 Å². The van der Waals surface area contributed by atoms with Crippen LogP contribution in [-0.2, 0) is 0 Å². The summed E-state index contributed by atoms with van der Waals surface area (Å²) in [6.45, 7) is 6.98. The molecule has 1 aromatic carbocycles. The van der Waals surface area contributed by atoms with E-state index in [1.165, 1.54) is 24.1 Å². The van der Waals surface area contributed by atoms with E-state index in [1.807, 2.05) is 19.1 Å². The largest absolute Gasteiger partial charge is 0.388 e. The fourth-order valence-electron chi connectivity index (χ4n) is 4.15. The molecule has 0 aromatic heterocycles. The van der Waals surface area contributed by atoms with Crippen LogP contribution in [0.15, 0.2) is 44.8 Å². The van der Waals surface area contributed by atoms with Crippen molar-refractivity contribution in [3.05, 3.63) is 49.8 Å². The van der Waals surface area contributed by atoms with E-state index in [1.54, 1.807) is 0 Å². The molecule has 1 fully saturated rings. The number of piperazine rings is 1. The summed E-state index contributed by atoms with van der Waals surface area (Å²) < 4.78 is 1.04. The van der Waals surface area contributed by atoms with E-state index in [4.69, 9.17) is 24.2 Å². The first-order valence-electron chi connectivity index (χ1n) is 10.1. The van der Waals surface area contributed by atoms with Crippen molar-refractivity contribution in [2.24, 2.45) is 0 Å². The number of hydrogen-bond acceptors (Lipinski definition) is 4. The fourth-order valence-corrected chi connectivity index (χ4v) is 5.17. The third-order valence-corrected chi connectivity index (χ3v) is 6.92. The van der Waals surface area contributed by atoms with Gasteiger partial charge in [0.25, 0.3) is 0 Å². The fraction of sp³-hybridized carbons (Fsp3) is 0.545. The predicted octanol–water partition coefficient (Wildman–Crippen LogP) is 5.64. The van der Waals surface area contributed by atoms with Crippen molar-refractivity contribution >= 4 is 45.8 Å². The summed E-state index contributed by atoms with van der Waals surface area (Å²) in [5, 5.41) is 11.7. The average molecular weight is 486 g/mol. The molecule has 0 amide bonds. The zero-order valence-electron chi connectivity index (χ0n) is 16.5. The molecule has 1 unspecified atom stereocenters. The van der Waals surface area contributed by atoms with Crippen molar-refractivity contribution in [2.45, 2.75) is 45.1 Å². The zero-order valence-corrected chi connectivity index (χ0v) is 19.7. The van der Waals surface area contributed by atoms with Crippen LogP contribution in [0.4, 0.5) is 5.69 Å². The van der Waals surface area contributed by atoms with Gasteiger partial charge in [-0.15, -0.1) is 12.6 Å². The first-order chi connectivity index (χ1) is 13.5. The minimum Gasteiger partial charge on any atom is -0.388 e. The summed E-state index contributed by atoms with van der Waals surface area (Å²) in [6.07, 6.45) is 4.75. The van der Waals surface area contributed by atoms with Crippen LogP contribution in [0.3, 0.4) is 0 Å². The number of nitrogens with zero attached hydrogens (tertiary/aromatic N) is 2. The quantitative estimate of drug-likeness (QED) is 0.510. The van der Waals surface area contributed by atoms with E-state index < -0.39 is 6.10 Å². The molecule has 3 rings (SSSR count). The van der Waals surface area contributed by atoms with Crippen LogP contribution >= 0.6 is 40.2 Å². The van der Waals surface area contributed by atoms with E-state index in [0.717, 1.165) is 72.0 Å². The maximum atomic E-state index is 10.9. The van der Waals surface area contributed by atoms with Gasteiger partial charge in [-0.05, 0) is 83.8 Å². The Hall–Kier alpha value is -0.460. The maximum absolute atomic E-state index is 10.9. The number of anilines is 1. The van der Waals surface area contributed by atoms with Crippen molar-refractivity contribution in [3.8, 4) is 0 Å². The first-order valence-corrected chi connectivity index (χ1v) is 11.8. The number of halogens is 2. The molecule has 1 aromatic rings. The van der Waals surface area contributed by atoms with Crippen molar-refractivity contribution in [1.29, 1.82) is 0 Å². The Labute approximate surface area is 188 Å². The topological polar surface area (TPSA) is 26.7 Å². The van der Waals surface area contributed by atoms with Gasteiger partial charge in [-0.2, -0.15) is 0 Å². The van der Waals surface area contributed by atoms with Gasteiger partial charge in [0.15, 0.2) is 0 Å². The second kappa shape index (κ2) is 10.5. The van der Waals surface area contributed by atoms with Gasteiger partial charge in [-0.3, -0.25) is 4.90 Å². The van der Waals surface area contributed by atoms with Crippen molar-refractivity contribution in [2.75, 3.05) is 37.6 Å². The minimum atomic E-state index is -0.441. The van der Waals surface area contributed by atoms with Crippen LogP contribution in [0, 0.1) is 0 Å². The van der Waals surface area contributed by atoms with Crippen molar-refractivity contribution in [1.82, 2.24) is 4.90 Å². The smallest absolute Gasteiger partial charge is 0.0812 e. The van der Waals surface area contributed by atoms with Crippen LogP contribution in [0.25, 0.3) is 0 Å². The Morgan fingerprint density at radius 3 is 2.39 bits per heavy atom. The average Bonchev–Trinajstić information content (AvgIpc) is 2.69. The maximum Gasteiger partial charge on any atom is 0.0812 e. The molecular weight excluding hydrogens is 456 g/mol. The molecule has 154 valence electrons.